The third-order valence-corrected chi connectivity index (χ3v) is 7.86. The van der Waals surface area contributed by atoms with Crippen LogP contribution in [0.2, 0.25) is 0 Å². The van der Waals surface area contributed by atoms with Crippen LogP contribution in [0.1, 0.15) is 53.5 Å². The summed E-state index contributed by atoms with van der Waals surface area (Å²) < 4.78 is 18.6. The van der Waals surface area contributed by atoms with Gasteiger partial charge >= 0.3 is 0 Å². The first-order chi connectivity index (χ1) is 18.4. The van der Waals surface area contributed by atoms with Gasteiger partial charge in [-0.3, -0.25) is 4.79 Å². The summed E-state index contributed by atoms with van der Waals surface area (Å²) >= 11 is 0. The first-order valence-corrected chi connectivity index (χ1v) is 13.3. The van der Waals surface area contributed by atoms with E-state index in [2.05, 4.69) is 27.1 Å². The predicted octanol–water partition coefficient (Wildman–Crippen LogP) is 4.65. The lowest BCUT2D eigenvalue weighted by atomic mass is 9.83. The van der Waals surface area contributed by atoms with E-state index in [9.17, 15) is 4.79 Å². The minimum atomic E-state index is -0.854. The Morgan fingerprint density at radius 1 is 1.05 bits per heavy atom. The molecule has 1 amide bonds. The number of likely N-dealkylation sites (tertiary alicyclic amines) is 1. The molecule has 3 heterocycles. The third kappa shape index (κ3) is 5.05. The number of aryl methyl sites for hydroxylation is 2. The smallest absolute Gasteiger partial charge is 0.281 e. The first-order valence-electron chi connectivity index (χ1n) is 13.3. The van der Waals surface area contributed by atoms with E-state index in [-0.39, 0.29) is 11.8 Å². The van der Waals surface area contributed by atoms with Gasteiger partial charge in [0.2, 0.25) is 0 Å². The molecule has 1 aromatic heterocycles. The van der Waals surface area contributed by atoms with E-state index in [1.54, 1.807) is 7.11 Å². The second-order valence-corrected chi connectivity index (χ2v) is 10.2. The van der Waals surface area contributed by atoms with Crippen LogP contribution in [0, 0.1) is 19.8 Å². The average Bonchev–Trinajstić information content (AvgIpc) is 3.34. The molecular weight excluding hydrogens is 480 g/mol. The molecule has 0 radical (unpaired) electrons. The Morgan fingerprint density at radius 2 is 1.66 bits per heavy atom. The molecule has 1 unspecified atom stereocenters. The molecule has 2 aliphatic rings. The number of aromatic nitrogens is 2. The van der Waals surface area contributed by atoms with Gasteiger partial charge in [0, 0.05) is 24.1 Å². The van der Waals surface area contributed by atoms with Crippen molar-refractivity contribution in [3.05, 3.63) is 77.4 Å². The Hall–Kier alpha value is -3.65. The van der Waals surface area contributed by atoms with Crippen LogP contribution in [-0.4, -0.2) is 53.6 Å². The van der Waals surface area contributed by atoms with Crippen molar-refractivity contribution in [2.24, 2.45) is 5.92 Å². The van der Waals surface area contributed by atoms with Crippen LogP contribution in [0.25, 0.3) is 0 Å². The maximum atomic E-state index is 12.7. The van der Waals surface area contributed by atoms with Crippen LogP contribution in [0.3, 0.4) is 0 Å². The van der Waals surface area contributed by atoms with Gasteiger partial charge in [0.05, 0.1) is 24.1 Å². The molecule has 1 fully saturated rings. The first kappa shape index (κ1) is 26.0. The van der Waals surface area contributed by atoms with E-state index in [4.69, 9.17) is 14.2 Å². The molecule has 0 spiro atoms. The minimum Gasteiger partial charge on any atom is -0.497 e. The van der Waals surface area contributed by atoms with E-state index in [1.807, 2.05) is 62.4 Å². The van der Waals surface area contributed by atoms with Gasteiger partial charge in [-0.2, -0.15) is 0 Å². The van der Waals surface area contributed by atoms with E-state index in [0.29, 0.717) is 29.5 Å². The number of piperidine rings is 1. The van der Waals surface area contributed by atoms with Crippen LogP contribution in [-0.2, 0) is 5.79 Å². The van der Waals surface area contributed by atoms with E-state index in [1.165, 1.54) is 6.33 Å². The largest absolute Gasteiger partial charge is 0.497 e. The van der Waals surface area contributed by atoms with Crippen molar-refractivity contribution >= 4 is 5.91 Å². The van der Waals surface area contributed by atoms with Crippen molar-refractivity contribution in [2.75, 3.05) is 26.7 Å². The standard InChI is InChI=1S/C30H36N4O4/c1-20(13-16-31-29(35)28-21(2)32-19-33-22(28)3)34-17-14-24(15-18-34)30(23-9-11-25(36-4)12-10-23)37-26-7-5-6-8-27(26)38-30/h5-12,19-20,24H,13-18H2,1-4H3,(H,31,35). The number of carbonyl (C=O) groups excluding carboxylic acids is 1. The van der Waals surface area contributed by atoms with Gasteiger partial charge in [-0.05, 0) is 89.5 Å². The summed E-state index contributed by atoms with van der Waals surface area (Å²) in [6.07, 6.45) is 4.24. The number of hydrogen-bond donors (Lipinski definition) is 1. The highest BCUT2D eigenvalue weighted by molar-refractivity contribution is 5.96. The zero-order valence-electron chi connectivity index (χ0n) is 22.6. The summed E-state index contributed by atoms with van der Waals surface area (Å²) in [7, 11) is 1.67. The fourth-order valence-corrected chi connectivity index (χ4v) is 5.62. The van der Waals surface area contributed by atoms with Crippen molar-refractivity contribution in [1.29, 1.82) is 0 Å². The molecule has 8 nitrogen and oxygen atoms in total. The molecule has 0 aliphatic carbocycles. The number of nitrogens with one attached hydrogen (secondary N) is 1. The SMILES string of the molecule is COc1ccc(C2(C3CCN(C(C)CCNC(=O)c4c(C)ncnc4C)CC3)Oc3ccccc3O2)cc1. The molecule has 1 N–H and O–H groups in total. The van der Waals surface area contributed by atoms with Crippen LogP contribution < -0.4 is 19.5 Å². The van der Waals surface area contributed by atoms with E-state index in [0.717, 1.165) is 55.2 Å². The minimum absolute atomic E-state index is 0.108. The fourth-order valence-electron chi connectivity index (χ4n) is 5.62. The Labute approximate surface area is 224 Å². The Morgan fingerprint density at radius 3 is 2.24 bits per heavy atom. The molecule has 38 heavy (non-hydrogen) atoms. The molecule has 2 aromatic carbocycles. The molecule has 0 saturated carbocycles. The molecular formula is C30H36N4O4. The summed E-state index contributed by atoms with van der Waals surface area (Å²) in [6.45, 7) is 8.38. The number of fused-ring (bicyclic) bond motifs is 1. The topological polar surface area (TPSA) is 85.8 Å². The van der Waals surface area contributed by atoms with Gasteiger partial charge in [0.25, 0.3) is 11.7 Å². The number of rotatable bonds is 8. The highest BCUT2D eigenvalue weighted by atomic mass is 16.7. The van der Waals surface area contributed by atoms with Crippen LogP contribution in [0.15, 0.2) is 54.9 Å². The second kappa shape index (κ2) is 11.0. The molecule has 2 aliphatic heterocycles. The number of nitrogens with zero attached hydrogens (tertiary/aromatic N) is 3. The summed E-state index contributed by atoms with van der Waals surface area (Å²) in [6, 6.07) is 16.2. The second-order valence-electron chi connectivity index (χ2n) is 10.2. The lowest BCUT2D eigenvalue weighted by Gasteiger charge is -2.42. The number of benzene rings is 2. The predicted molar refractivity (Wildman–Crippen MR) is 145 cm³/mol. The number of hydrogen-bond acceptors (Lipinski definition) is 7. The molecule has 0 bridgehead atoms. The quantitative estimate of drug-likeness (QED) is 0.467. The summed E-state index contributed by atoms with van der Waals surface area (Å²) in [5, 5.41) is 3.06. The van der Waals surface area contributed by atoms with Gasteiger partial charge in [0.1, 0.15) is 12.1 Å². The van der Waals surface area contributed by atoms with Crippen LogP contribution in [0.5, 0.6) is 17.2 Å². The molecule has 200 valence electrons. The van der Waals surface area contributed by atoms with Crippen LogP contribution in [0.4, 0.5) is 0 Å². The maximum Gasteiger partial charge on any atom is 0.281 e. The molecule has 8 heteroatoms. The Kier molecular flexibility index (Phi) is 7.51. The number of amides is 1. The fraction of sp³-hybridized carbons (Fsp3) is 0.433. The monoisotopic (exact) mass is 516 g/mol. The third-order valence-electron chi connectivity index (χ3n) is 7.86. The number of para-hydroxylation sites is 2. The molecule has 3 aromatic rings. The normalized spacial score (nSPS) is 17.7. The zero-order chi connectivity index (χ0) is 26.7. The van der Waals surface area contributed by atoms with Crippen molar-refractivity contribution in [3.8, 4) is 17.2 Å². The van der Waals surface area contributed by atoms with Crippen LogP contribution >= 0.6 is 0 Å². The zero-order valence-corrected chi connectivity index (χ0v) is 22.6. The van der Waals surface area contributed by atoms with Gasteiger partial charge in [0.15, 0.2) is 11.5 Å². The Balaban J connectivity index is 1.21. The van der Waals surface area contributed by atoms with Gasteiger partial charge in [-0.1, -0.05) is 12.1 Å². The van der Waals surface area contributed by atoms with Crippen molar-refractivity contribution < 1.29 is 19.0 Å². The lowest BCUT2D eigenvalue weighted by Crippen LogP contribution is -2.50. The number of ether oxygens (including phenoxy) is 3. The highest BCUT2D eigenvalue weighted by Gasteiger charge is 2.51. The van der Waals surface area contributed by atoms with Gasteiger partial charge in [-0.15, -0.1) is 0 Å². The van der Waals surface area contributed by atoms with Crippen molar-refractivity contribution in [2.45, 2.75) is 51.9 Å². The lowest BCUT2D eigenvalue weighted by molar-refractivity contribution is -0.149. The average molecular weight is 517 g/mol. The van der Waals surface area contributed by atoms with Crippen molar-refractivity contribution in [3.63, 3.8) is 0 Å². The van der Waals surface area contributed by atoms with Gasteiger partial charge in [-0.25, -0.2) is 9.97 Å². The van der Waals surface area contributed by atoms with Crippen molar-refractivity contribution in [1.82, 2.24) is 20.2 Å². The summed E-state index contributed by atoms with van der Waals surface area (Å²) in [5.41, 5.74) is 2.98. The summed E-state index contributed by atoms with van der Waals surface area (Å²) in [5.74, 6) is 1.60. The Bertz CT molecular complexity index is 1230. The maximum absolute atomic E-state index is 12.7. The molecule has 5 rings (SSSR count). The molecule has 1 saturated heterocycles. The molecule has 1 atom stereocenters. The van der Waals surface area contributed by atoms with E-state index >= 15 is 0 Å². The number of carbonyl (C=O) groups is 1. The number of methoxy groups -OCH3 is 1. The summed E-state index contributed by atoms with van der Waals surface area (Å²) in [4.78, 5) is 23.5. The van der Waals surface area contributed by atoms with Gasteiger partial charge < -0.3 is 24.4 Å². The highest BCUT2D eigenvalue weighted by Crippen LogP contribution is 2.50. The van der Waals surface area contributed by atoms with E-state index < -0.39 is 5.79 Å².